The highest BCUT2D eigenvalue weighted by atomic mass is 28.3. The molecule has 0 saturated carbocycles. The standard InChI is InChI=1S/C21H34O2Si/c1-5-7-8-9-10-14-17-24(3,4)20(18-21(22)23-6-2)19-15-12-11-13-16-19/h11-13,15-16,18H,5-10,14,17H2,1-4H3. The van der Waals surface area contributed by atoms with Crippen LogP contribution < -0.4 is 0 Å². The number of carbonyl (C=O) groups is 1. The number of unbranched alkanes of at least 4 members (excludes halogenated alkanes) is 5. The highest BCUT2D eigenvalue weighted by Crippen LogP contribution is 2.31. The zero-order valence-corrected chi connectivity index (χ0v) is 16.9. The minimum Gasteiger partial charge on any atom is -0.463 e. The van der Waals surface area contributed by atoms with Crippen LogP contribution in [0.3, 0.4) is 0 Å². The Labute approximate surface area is 149 Å². The average Bonchev–Trinajstić information content (AvgIpc) is 2.57. The lowest BCUT2D eigenvalue weighted by atomic mass is 10.1. The lowest BCUT2D eigenvalue weighted by molar-refractivity contribution is -0.137. The van der Waals surface area contributed by atoms with Crippen LogP contribution in [0.5, 0.6) is 0 Å². The Morgan fingerprint density at radius 3 is 2.25 bits per heavy atom. The number of benzene rings is 1. The van der Waals surface area contributed by atoms with Gasteiger partial charge in [-0.3, -0.25) is 0 Å². The van der Waals surface area contributed by atoms with Gasteiger partial charge in [0.2, 0.25) is 0 Å². The normalized spacial score (nSPS) is 12.2. The molecule has 0 bridgehead atoms. The van der Waals surface area contributed by atoms with E-state index in [1.807, 2.05) is 25.1 Å². The monoisotopic (exact) mass is 346 g/mol. The molecular weight excluding hydrogens is 312 g/mol. The molecule has 1 aromatic carbocycles. The number of hydrogen-bond donors (Lipinski definition) is 0. The summed E-state index contributed by atoms with van der Waals surface area (Å²) in [5.41, 5.74) is 1.17. The Balaban J connectivity index is 2.79. The van der Waals surface area contributed by atoms with E-state index in [-0.39, 0.29) is 5.97 Å². The Morgan fingerprint density at radius 2 is 1.62 bits per heavy atom. The third-order valence-corrected chi connectivity index (χ3v) is 8.01. The quantitative estimate of drug-likeness (QED) is 0.205. The van der Waals surface area contributed by atoms with E-state index >= 15 is 0 Å². The van der Waals surface area contributed by atoms with Gasteiger partial charge >= 0.3 is 5.97 Å². The van der Waals surface area contributed by atoms with Crippen molar-refractivity contribution in [2.24, 2.45) is 0 Å². The summed E-state index contributed by atoms with van der Waals surface area (Å²) < 4.78 is 5.17. The first-order valence-electron chi connectivity index (χ1n) is 9.45. The van der Waals surface area contributed by atoms with Crippen molar-refractivity contribution >= 4 is 19.2 Å². The Hall–Kier alpha value is -1.35. The number of ether oxygens (including phenoxy) is 1. The molecule has 0 heterocycles. The lowest BCUT2D eigenvalue weighted by Crippen LogP contribution is -2.28. The van der Waals surface area contributed by atoms with E-state index in [2.05, 4.69) is 32.2 Å². The van der Waals surface area contributed by atoms with Crippen LogP contribution in [0.15, 0.2) is 36.4 Å². The molecule has 0 N–H and O–H groups in total. The summed E-state index contributed by atoms with van der Waals surface area (Å²) in [6.07, 6.45) is 9.64. The van der Waals surface area contributed by atoms with E-state index in [4.69, 9.17) is 4.74 Å². The van der Waals surface area contributed by atoms with Gasteiger partial charge in [0.25, 0.3) is 0 Å². The van der Waals surface area contributed by atoms with E-state index in [1.165, 1.54) is 55.3 Å². The fourth-order valence-electron chi connectivity index (χ4n) is 3.07. The number of hydrogen-bond acceptors (Lipinski definition) is 2. The van der Waals surface area contributed by atoms with Gasteiger partial charge in [0.15, 0.2) is 0 Å². The van der Waals surface area contributed by atoms with Gasteiger partial charge in [-0.25, -0.2) is 4.79 Å². The molecule has 1 rings (SSSR count). The summed E-state index contributed by atoms with van der Waals surface area (Å²) in [7, 11) is -1.67. The molecule has 0 aliphatic carbocycles. The first-order chi connectivity index (χ1) is 11.5. The third-order valence-electron chi connectivity index (χ3n) is 4.52. The number of esters is 1. The fraction of sp³-hybridized carbons (Fsp3) is 0.571. The fourth-order valence-corrected chi connectivity index (χ4v) is 5.93. The topological polar surface area (TPSA) is 26.3 Å². The molecule has 0 amide bonds. The van der Waals surface area contributed by atoms with Crippen molar-refractivity contribution < 1.29 is 9.53 Å². The van der Waals surface area contributed by atoms with Crippen molar-refractivity contribution in [1.29, 1.82) is 0 Å². The Bertz CT molecular complexity index is 506. The second-order valence-electron chi connectivity index (χ2n) is 7.08. The maximum atomic E-state index is 12.0. The van der Waals surface area contributed by atoms with Gasteiger partial charge in [0.1, 0.15) is 0 Å². The minimum atomic E-state index is -1.67. The Morgan fingerprint density at radius 1 is 1.00 bits per heavy atom. The van der Waals surface area contributed by atoms with Crippen LogP contribution in [-0.2, 0) is 9.53 Å². The summed E-state index contributed by atoms with van der Waals surface area (Å²) >= 11 is 0. The maximum absolute atomic E-state index is 12.0. The van der Waals surface area contributed by atoms with Crippen LogP contribution in [0, 0.1) is 0 Å². The molecule has 0 aromatic heterocycles. The maximum Gasteiger partial charge on any atom is 0.330 e. The van der Waals surface area contributed by atoms with Crippen LogP contribution >= 0.6 is 0 Å². The summed E-state index contributed by atoms with van der Waals surface area (Å²) in [4.78, 5) is 12.0. The molecule has 0 spiro atoms. The zero-order valence-electron chi connectivity index (χ0n) is 15.9. The van der Waals surface area contributed by atoms with Crippen molar-refractivity contribution in [3.63, 3.8) is 0 Å². The van der Waals surface area contributed by atoms with Crippen LogP contribution in [-0.4, -0.2) is 20.7 Å². The molecule has 1 aromatic rings. The number of rotatable bonds is 11. The molecule has 2 nitrogen and oxygen atoms in total. The van der Waals surface area contributed by atoms with Gasteiger partial charge in [-0.15, -0.1) is 0 Å². The highest BCUT2D eigenvalue weighted by Gasteiger charge is 2.27. The molecule has 0 radical (unpaired) electrons. The molecule has 0 unspecified atom stereocenters. The molecule has 0 aliphatic heterocycles. The van der Waals surface area contributed by atoms with Crippen LogP contribution in [0.1, 0.15) is 57.9 Å². The molecule has 134 valence electrons. The summed E-state index contributed by atoms with van der Waals surface area (Å²) in [6.45, 7) is 9.28. The van der Waals surface area contributed by atoms with Crippen molar-refractivity contribution in [3.05, 3.63) is 42.0 Å². The second-order valence-corrected chi connectivity index (χ2v) is 11.9. The van der Waals surface area contributed by atoms with E-state index < -0.39 is 8.07 Å². The number of carbonyl (C=O) groups excluding carboxylic acids is 1. The molecule has 0 saturated heterocycles. The summed E-state index contributed by atoms with van der Waals surface area (Å²) in [5.74, 6) is -0.208. The minimum absolute atomic E-state index is 0.208. The molecule has 24 heavy (non-hydrogen) atoms. The summed E-state index contributed by atoms with van der Waals surface area (Å²) in [5, 5.41) is 1.22. The molecule has 3 heteroatoms. The highest BCUT2D eigenvalue weighted by molar-refractivity contribution is 6.95. The molecule has 0 fully saturated rings. The van der Waals surface area contributed by atoms with Gasteiger partial charge in [0, 0.05) is 6.08 Å². The molecule has 0 aliphatic rings. The van der Waals surface area contributed by atoms with Crippen molar-refractivity contribution in [1.82, 2.24) is 0 Å². The van der Waals surface area contributed by atoms with E-state index in [0.717, 1.165) is 0 Å². The van der Waals surface area contributed by atoms with Gasteiger partial charge in [-0.1, -0.05) is 94.9 Å². The van der Waals surface area contributed by atoms with Crippen molar-refractivity contribution in [2.45, 2.75) is 71.5 Å². The van der Waals surface area contributed by atoms with Crippen LogP contribution in [0.2, 0.25) is 19.1 Å². The van der Waals surface area contributed by atoms with E-state index in [1.54, 1.807) is 6.08 Å². The first-order valence-corrected chi connectivity index (χ1v) is 12.7. The van der Waals surface area contributed by atoms with Crippen molar-refractivity contribution in [2.75, 3.05) is 6.61 Å². The van der Waals surface area contributed by atoms with Crippen LogP contribution in [0.25, 0.3) is 5.20 Å². The third kappa shape index (κ3) is 7.48. The summed E-state index contributed by atoms with van der Waals surface area (Å²) in [6, 6.07) is 11.6. The van der Waals surface area contributed by atoms with E-state index in [0.29, 0.717) is 6.61 Å². The SMILES string of the molecule is CCCCCCCC[Si](C)(C)C(=CC(=O)OCC)c1ccccc1. The van der Waals surface area contributed by atoms with Gasteiger partial charge in [-0.2, -0.15) is 0 Å². The van der Waals surface area contributed by atoms with Gasteiger partial charge in [0.05, 0.1) is 14.7 Å². The predicted octanol–water partition coefficient (Wildman–Crippen LogP) is 6.24. The molecular formula is C21H34O2Si. The Kier molecular flexibility index (Phi) is 9.69. The average molecular weight is 347 g/mol. The van der Waals surface area contributed by atoms with E-state index in [9.17, 15) is 4.79 Å². The zero-order chi connectivity index (χ0) is 17.8. The van der Waals surface area contributed by atoms with Crippen LogP contribution in [0.4, 0.5) is 0 Å². The predicted molar refractivity (Wildman–Crippen MR) is 107 cm³/mol. The second kappa shape index (κ2) is 11.2. The van der Waals surface area contributed by atoms with Gasteiger partial charge < -0.3 is 4.74 Å². The smallest absolute Gasteiger partial charge is 0.330 e. The first kappa shape index (κ1) is 20.7. The van der Waals surface area contributed by atoms with Crippen molar-refractivity contribution in [3.8, 4) is 0 Å². The largest absolute Gasteiger partial charge is 0.463 e. The van der Waals surface area contributed by atoms with Gasteiger partial charge in [-0.05, 0) is 17.7 Å². The molecule has 0 atom stereocenters. The lowest BCUT2D eigenvalue weighted by Gasteiger charge is -2.26.